The number of nitrogens with two attached hydrogens (primary N) is 1. The molecule has 1 aromatic heterocycles. The van der Waals surface area contributed by atoms with Crippen molar-refractivity contribution in [1.82, 2.24) is 4.98 Å². The number of pyridine rings is 1. The molecule has 0 bridgehead atoms. The Balaban J connectivity index is 1.84. The Kier molecular flexibility index (Phi) is 3.51. The molecule has 2 N–H and O–H groups in total. The first kappa shape index (κ1) is 13.8. The monoisotopic (exact) mass is 286 g/mol. The zero-order valence-corrected chi connectivity index (χ0v) is 11.9. The predicted octanol–water partition coefficient (Wildman–Crippen LogP) is 1.89. The molecule has 0 saturated heterocycles. The number of fused-ring (bicyclic) bond motifs is 1. The Bertz CT molecular complexity index is 664. The smallest absolute Gasteiger partial charge is 0.329 e. The zero-order valence-electron chi connectivity index (χ0n) is 11.9. The molecule has 110 valence electrons. The van der Waals surface area contributed by atoms with E-state index in [0.717, 1.165) is 23.7 Å². The zero-order chi connectivity index (χ0) is 14.9. The number of carbonyl (C=O) groups is 1. The lowest BCUT2D eigenvalue weighted by Gasteiger charge is -2.26. The van der Waals surface area contributed by atoms with Crippen molar-refractivity contribution in [2.75, 3.05) is 13.7 Å². The van der Waals surface area contributed by atoms with E-state index < -0.39 is 11.5 Å². The third-order valence-corrected chi connectivity index (χ3v) is 3.93. The number of para-hydroxylation sites is 1. The van der Waals surface area contributed by atoms with E-state index >= 15 is 0 Å². The quantitative estimate of drug-likeness (QED) is 0.850. The molecule has 0 aliphatic heterocycles. The molecule has 21 heavy (non-hydrogen) atoms. The van der Waals surface area contributed by atoms with Crippen molar-refractivity contribution in [2.45, 2.75) is 18.4 Å². The molecule has 1 unspecified atom stereocenters. The molecule has 1 aliphatic rings. The third-order valence-electron chi connectivity index (χ3n) is 3.93. The highest BCUT2D eigenvalue weighted by atomic mass is 16.5. The Morgan fingerprint density at radius 2 is 2.14 bits per heavy atom. The van der Waals surface area contributed by atoms with Gasteiger partial charge in [0.15, 0.2) is 5.54 Å². The summed E-state index contributed by atoms with van der Waals surface area (Å²) in [6.07, 6.45) is 3.58. The van der Waals surface area contributed by atoms with Crippen LogP contribution in [0.15, 0.2) is 36.5 Å². The number of aromatic nitrogens is 1. The van der Waals surface area contributed by atoms with Gasteiger partial charge in [-0.05, 0) is 30.9 Å². The minimum absolute atomic E-state index is 0.0972. The van der Waals surface area contributed by atoms with Gasteiger partial charge in [-0.25, -0.2) is 4.79 Å². The van der Waals surface area contributed by atoms with Gasteiger partial charge in [-0.3, -0.25) is 4.98 Å². The number of ether oxygens (including phenoxy) is 2. The van der Waals surface area contributed by atoms with Crippen LogP contribution in [0.5, 0.6) is 5.75 Å². The molecule has 2 aromatic rings. The van der Waals surface area contributed by atoms with E-state index in [2.05, 4.69) is 4.98 Å². The average Bonchev–Trinajstić information content (AvgIpc) is 3.37. The number of esters is 1. The highest BCUT2D eigenvalue weighted by molar-refractivity contribution is 5.84. The molecular weight excluding hydrogens is 268 g/mol. The van der Waals surface area contributed by atoms with Crippen molar-refractivity contribution in [3.8, 4) is 5.75 Å². The van der Waals surface area contributed by atoms with E-state index in [9.17, 15) is 4.79 Å². The molecule has 5 nitrogen and oxygen atoms in total. The van der Waals surface area contributed by atoms with Crippen LogP contribution in [0, 0.1) is 5.92 Å². The van der Waals surface area contributed by atoms with Crippen LogP contribution in [0.2, 0.25) is 0 Å². The van der Waals surface area contributed by atoms with E-state index in [0.29, 0.717) is 5.75 Å². The largest absolute Gasteiger partial charge is 0.489 e. The maximum absolute atomic E-state index is 12.0. The Labute approximate surface area is 123 Å². The van der Waals surface area contributed by atoms with Crippen molar-refractivity contribution in [3.63, 3.8) is 0 Å². The third kappa shape index (κ3) is 2.56. The molecule has 1 aromatic carbocycles. The second kappa shape index (κ2) is 5.33. The summed E-state index contributed by atoms with van der Waals surface area (Å²) in [5.41, 5.74) is 5.92. The predicted molar refractivity (Wildman–Crippen MR) is 78.9 cm³/mol. The second-order valence-electron chi connectivity index (χ2n) is 5.43. The molecule has 1 aliphatic carbocycles. The summed E-state index contributed by atoms with van der Waals surface area (Å²) in [4.78, 5) is 16.3. The van der Waals surface area contributed by atoms with Gasteiger partial charge in [-0.1, -0.05) is 18.2 Å². The number of methoxy groups -OCH3 is 1. The fraction of sp³-hybridized carbons (Fsp3) is 0.375. The molecule has 5 heteroatoms. The minimum atomic E-state index is -1.08. The van der Waals surface area contributed by atoms with Crippen LogP contribution < -0.4 is 10.5 Å². The standard InChI is InChI=1S/C16H18N2O3/c1-20-15(19)16(17,12-7-8-12)10-21-13-6-2-4-11-5-3-9-18-14(11)13/h2-6,9,12H,7-8,10,17H2,1H3. The van der Waals surface area contributed by atoms with E-state index in [-0.39, 0.29) is 12.5 Å². The van der Waals surface area contributed by atoms with Crippen molar-refractivity contribution < 1.29 is 14.3 Å². The Hall–Kier alpha value is -2.14. The van der Waals surface area contributed by atoms with Crippen molar-refractivity contribution in [1.29, 1.82) is 0 Å². The maximum atomic E-state index is 12.0. The van der Waals surface area contributed by atoms with Crippen LogP contribution in [0.3, 0.4) is 0 Å². The lowest BCUT2D eigenvalue weighted by molar-refractivity contribution is -0.149. The van der Waals surface area contributed by atoms with Crippen molar-refractivity contribution in [3.05, 3.63) is 36.5 Å². The first-order valence-electron chi connectivity index (χ1n) is 6.99. The molecule has 1 heterocycles. The van der Waals surface area contributed by atoms with Crippen LogP contribution in [0.1, 0.15) is 12.8 Å². The Morgan fingerprint density at radius 1 is 1.38 bits per heavy atom. The molecular formula is C16H18N2O3. The van der Waals surface area contributed by atoms with Crippen LogP contribution in [0.4, 0.5) is 0 Å². The highest BCUT2D eigenvalue weighted by Gasteiger charge is 2.49. The SMILES string of the molecule is COC(=O)C(N)(COc1cccc2cccnc12)C1CC1. The van der Waals surface area contributed by atoms with Gasteiger partial charge in [0, 0.05) is 11.6 Å². The van der Waals surface area contributed by atoms with Gasteiger partial charge in [0.05, 0.1) is 7.11 Å². The first-order valence-corrected chi connectivity index (χ1v) is 6.99. The summed E-state index contributed by atoms with van der Waals surface area (Å²) in [5, 5.41) is 0.988. The number of carbonyl (C=O) groups excluding carboxylic acids is 1. The summed E-state index contributed by atoms with van der Waals surface area (Å²) in [6.45, 7) is 0.0972. The van der Waals surface area contributed by atoms with Crippen LogP contribution >= 0.6 is 0 Å². The number of benzene rings is 1. The summed E-state index contributed by atoms with van der Waals surface area (Å²) < 4.78 is 10.7. The van der Waals surface area contributed by atoms with E-state index in [1.54, 1.807) is 6.20 Å². The summed E-state index contributed by atoms with van der Waals surface area (Å²) >= 11 is 0. The topological polar surface area (TPSA) is 74.4 Å². The lowest BCUT2D eigenvalue weighted by Crippen LogP contribution is -2.55. The number of hydrogen-bond donors (Lipinski definition) is 1. The molecule has 0 radical (unpaired) electrons. The van der Waals surface area contributed by atoms with Gasteiger partial charge in [-0.2, -0.15) is 0 Å². The molecule has 3 rings (SSSR count). The fourth-order valence-corrected chi connectivity index (χ4v) is 2.52. The van der Waals surface area contributed by atoms with Gasteiger partial charge >= 0.3 is 5.97 Å². The summed E-state index contributed by atoms with van der Waals surface area (Å²) in [7, 11) is 1.35. The van der Waals surface area contributed by atoms with Gasteiger partial charge in [-0.15, -0.1) is 0 Å². The highest BCUT2D eigenvalue weighted by Crippen LogP contribution is 2.39. The summed E-state index contributed by atoms with van der Waals surface area (Å²) in [5.74, 6) is 0.346. The van der Waals surface area contributed by atoms with Gasteiger partial charge in [0.25, 0.3) is 0 Å². The maximum Gasteiger partial charge on any atom is 0.329 e. The number of rotatable bonds is 5. The number of hydrogen-bond acceptors (Lipinski definition) is 5. The van der Waals surface area contributed by atoms with Crippen molar-refractivity contribution >= 4 is 16.9 Å². The molecule has 1 saturated carbocycles. The van der Waals surface area contributed by atoms with Gasteiger partial charge in [0.2, 0.25) is 0 Å². The fourth-order valence-electron chi connectivity index (χ4n) is 2.52. The molecule has 0 spiro atoms. The second-order valence-corrected chi connectivity index (χ2v) is 5.43. The average molecular weight is 286 g/mol. The normalized spacial score (nSPS) is 17.2. The first-order chi connectivity index (χ1) is 10.1. The molecule has 1 fully saturated rings. The van der Waals surface area contributed by atoms with Crippen molar-refractivity contribution in [2.24, 2.45) is 11.7 Å². The Morgan fingerprint density at radius 3 is 2.86 bits per heavy atom. The van der Waals surface area contributed by atoms with E-state index in [4.69, 9.17) is 15.2 Å². The van der Waals surface area contributed by atoms with E-state index in [1.165, 1.54) is 7.11 Å². The molecule has 1 atom stereocenters. The minimum Gasteiger partial charge on any atom is -0.489 e. The van der Waals surface area contributed by atoms with Crippen LogP contribution in [0.25, 0.3) is 10.9 Å². The van der Waals surface area contributed by atoms with E-state index in [1.807, 2.05) is 30.3 Å². The molecule has 0 amide bonds. The number of nitrogens with zero attached hydrogens (tertiary/aromatic N) is 1. The van der Waals surface area contributed by atoms with Crippen LogP contribution in [-0.2, 0) is 9.53 Å². The van der Waals surface area contributed by atoms with Gasteiger partial charge in [0.1, 0.15) is 17.9 Å². The van der Waals surface area contributed by atoms with Gasteiger partial charge < -0.3 is 15.2 Å². The lowest BCUT2D eigenvalue weighted by atomic mass is 9.96. The van der Waals surface area contributed by atoms with Crippen LogP contribution in [-0.4, -0.2) is 30.2 Å². The summed E-state index contributed by atoms with van der Waals surface area (Å²) in [6, 6.07) is 9.53.